The van der Waals surface area contributed by atoms with E-state index in [1.165, 1.54) is 4.68 Å². The summed E-state index contributed by atoms with van der Waals surface area (Å²) in [6.45, 7) is 1.94. The minimum Gasteiger partial charge on any atom is -0.378 e. The Bertz CT molecular complexity index is 886. The Morgan fingerprint density at radius 3 is 2.89 bits per heavy atom. The first-order valence-electron chi connectivity index (χ1n) is 9.52. The van der Waals surface area contributed by atoms with Crippen molar-refractivity contribution in [3.05, 3.63) is 40.8 Å². The molecule has 2 aromatic rings. The second kappa shape index (κ2) is 7.40. The van der Waals surface area contributed by atoms with E-state index in [0.29, 0.717) is 18.5 Å². The molecule has 2 saturated heterocycles. The zero-order valence-corrected chi connectivity index (χ0v) is 15.6. The van der Waals surface area contributed by atoms with Crippen LogP contribution in [0.4, 0.5) is 0 Å². The van der Waals surface area contributed by atoms with E-state index in [1.807, 2.05) is 18.2 Å². The number of methoxy groups -OCH3 is 1. The normalized spacial score (nSPS) is 22.3. The van der Waals surface area contributed by atoms with Crippen LogP contribution in [0.5, 0.6) is 0 Å². The summed E-state index contributed by atoms with van der Waals surface area (Å²) in [6.07, 6.45) is 5.26. The number of likely N-dealkylation sites (tertiary alicyclic amines) is 1. The maximum Gasteiger partial charge on any atom is 0.275 e. The molecule has 2 aliphatic heterocycles. The zero-order chi connectivity index (χ0) is 18.9. The van der Waals surface area contributed by atoms with Crippen LogP contribution in [0.15, 0.2) is 35.3 Å². The summed E-state index contributed by atoms with van der Waals surface area (Å²) in [5.41, 5.74) is -0.507. The smallest absolute Gasteiger partial charge is 0.275 e. The number of ether oxygens (including phenoxy) is 2. The van der Waals surface area contributed by atoms with Crippen molar-refractivity contribution in [1.29, 1.82) is 0 Å². The molecule has 0 saturated carbocycles. The van der Waals surface area contributed by atoms with Gasteiger partial charge in [-0.1, -0.05) is 18.2 Å². The van der Waals surface area contributed by atoms with Crippen molar-refractivity contribution in [3.63, 3.8) is 0 Å². The topological polar surface area (TPSA) is 73.7 Å². The molecule has 1 aromatic carbocycles. The van der Waals surface area contributed by atoms with Crippen molar-refractivity contribution in [1.82, 2.24) is 14.7 Å². The summed E-state index contributed by atoms with van der Waals surface area (Å²) >= 11 is 0. The molecule has 144 valence electrons. The number of benzene rings is 1. The molecule has 0 radical (unpaired) electrons. The highest BCUT2D eigenvalue weighted by atomic mass is 16.5. The number of hydrogen-bond donors (Lipinski definition) is 0. The number of carbonyl (C=O) groups is 1. The van der Waals surface area contributed by atoms with Gasteiger partial charge in [-0.25, -0.2) is 4.68 Å². The number of aromatic nitrogens is 2. The Morgan fingerprint density at radius 2 is 2.11 bits per heavy atom. The predicted molar refractivity (Wildman–Crippen MR) is 101 cm³/mol. The van der Waals surface area contributed by atoms with Gasteiger partial charge in [-0.3, -0.25) is 9.59 Å². The molecule has 27 heavy (non-hydrogen) atoms. The van der Waals surface area contributed by atoms with Crippen molar-refractivity contribution < 1.29 is 14.3 Å². The Labute approximate surface area is 157 Å². The van der Waals surface area contributed by atoms with E-state index in [9.17, 15) is 9.59 Å². The summed E-state index contributed by atoms with van der Waals surface area (Å²) in [5.74, 6) is -0.0838. The van der Waals surface area contributed by atoms with E-state index in [-0.39, 0.29) is 29.7 Å². The molecule has 1 amide bonds. The van der Waals surface area contributed by atoms with Gasteiger partial charge in [0.25, 0.3) is 5.56 Å². The van der Waals surface area contributed by atoms with Gasteiger partial charge in [0.2, 0.25) is 5.91 Å². The standard InChI is InChI=1S/C20H25N3O4/c1-26-17-7-4-12-27-20(17)8-10-22(11-9-20)18(24)14-23-19(25)16-6-3-2-5-15(16)13-21-23/h2-3,5-6,13,17H,4,7-12,14H2,1H3/t17-/m1/s1. The van der Waals surface area contributed by atoms with Crippen LogP contribution in [-0.2, 0) is 20.8 Å². The van der Waals surface area contributed by atoms with E-state index in [2.05, 4.69) is 5.10 Å². The predicted octanol–water partition coefficient (Wildman–Crippen LogP) is 1.58. The molecule has 2 fully saturated rings. The molecular formula is C20H25N3O4. The molecule has 0 aliphatic carbocycles. The molecule has 7 heteroatoms. The number of amides is 1. The average molecular weight is 371 g/mol. The Hall–Kier alpha value is -2.25. The third-order valence-electron chi connectivity index (χ3n) is 5.88. The average Bonchev–Trinajstić information content (AvgIpc) is 2.71. The third-order valence-corrected chi connectivity index (χ3v) is 5.88. The van der Waals surface area contributed by atoms with Gasteiger partial charge in [0, 0.05) is 32.2 Å². The van der Waals surface area contributed by atoms with E-state index in [1.54, 1.807) is 24.3 Å². The fraction of sp³-hybridized carbons (Fsp3) is 0.550. The minimum absolute atomic E-state index is 0.0365. The van der Waals surface area contributed by atoms with Gasteiger partial charge in [0.05, 0.1) is 23.3 Å². The monoisotopic (exact) mass is 371 g/mol. The van der Waals surface area contributed by atoms with Gasteiger partial charge in [-0.05, 0) is 31.7 Å². The lowest BCUT2D eigenvalue weighted by Gasteiger charge is -2.48. The summed E-state index contributed by atoms with van der Waals surface area (Å²) in [6, 6.07) is 7.28. The quantitative estimate of drug-likeness (QED) is 0.819. The zero-order valence-electron chi connectivity index (χ0n) is 15.6. The second-order valence-electron chi connectivity index (χ2n) is 7.36. The fourth-order valence-corrected chi connectivity index (χ4v) is 4.30. The van der Waals surface area contributed by atoms with Crippen LogP contribution < -0.4 is 5.56 Å². The first-order chi connectivity index (χ1) is 13.1. The second-order valence-corrected chi connectivity index (χ2v) is 7.36. The van der Waals surface area contributed by atoms with Crippen LogP contribution in [0.25, 0.3) is 10.8 Å². The van der Waals surface area contributed by atoms with Crippen LogP contribution >= 0.6 is 0 Å². The highest BCUT2D eigenvalue weighted by molar-refractivity contribution is 5.81. The molecule has 1 aromatic heterocycles. The van der Waals surface area contributed by atoms with Crippen molar-refractivity contribution >= 4 is 16.7 Å². The van der Waals surface area contributed by atoms with Gasteiger partial charge in [0.1, 0.15) is 6.54 Å². The van der Waals surface area contributed by atoms with Crippen LogP contribution in [0.3, 0.4) is 0 Å². The van der Waals surface area contributed by atoms with Gasteiger partial charge in [-0.15, -0.1) is 0 Å². The Kier molecular flexibility index (Phi) is 4.97. The van der Waals surface area contributed by atoms with Crippen molar-refractivity contribution in [2.24, 2.45) is 0 Å². The van der Waals surface area contributed by atoms with Crippen molar-refractivity contribution in [2.45, 2.75) is 43.9 Å². The molecule has 0 bridgehead atoms. The highest BCUT2D eigenvalue weighted by Gasteiger charge is 2.45. The lowest BCUT2D eigenvalue weighted by molar-refractivity contribution is -0.188. The summed E-state index contributed by atoms with van der Waals surface area (Å²) in [5, 5.41) is 5.53. The highest BCUT2D eigenvalue weighted by Crippen LogP contribution is 2.36. The van der Waals surface area contributed by atoms with Crippen LogP contribution in [-0.4, -0.2) is 59.1 Å². The maximum atomic E-state index is 12.7. The van der Waals surface area contributed by atoms with Gasteiger partial charge in [-0.2, -0.15) is 5.10 Å². The molecule has 7 nitrogen and oxygen atoms in total. The number of hydrogen-bond acceptors (Lipinski definition) is 5. The van der Waals surface area contributed by atoms with E-state index in [4.69, 9.17) is 9.47 Å². The van der Waals surface area contributed by atoms with Crippen molar-refractivity contribution in [2.75, 3.05) is 26.8 Å². The van der Waals surface area contributed by atoms with Gasteiger partial charge >= 0.3 is 0 Å². The van der Waals surface area contributed by atoms with Gasteiger partial charge in [0.15, 0.2) is 0 Å². The first-order valence-corrected chi connectivity index (χ1v) is 9.52. The molecular weight excluding hydrogens is 346 g/mol. The molecule has 1 spiro atoms. The third kappa shape index (κ3) is 3.37. The van der Waals surface area contributed by atoms with Crippen LogP contribution in [0, 0.1) is 0 Å². The van der Waals surface area contributed by atoms with E-state index in [0.717, 1.165) is 37.7 Å². The van der Waals surface area contributed by atoms with Gasteiger partial charge < -0.3 is 14.4 Å². The first kappa shape index (κ1) is 18.1. The number of piperidine rings is 1. The van der Waals surface area contributed by atoms with Crippen LogP contribution in [0.1, 0.15) is 25.7 Å². The number of rotatable bonds is 3. The fourth-order valence-electron chi connectivity index (χ4n) is 4.30. The molecule has 3 heterocycles. The maximum absolute atomic E-state index is 12.7. The summed E-state index contributed by atoms with van der Waals surface area (Å²) in [7, 11) is 1.73. The minimum atomic E-state index is -0.276. The number of fused-ring (bicyclic) bond motifs is 1. The molecule has 1 atom stereocenters. The summed E-state index contributed by atoms with van der Waals surface area (Å²) in [4.78, 5) is 27.1. The van der Waals surface area contributed by atoms with E-state index < -0.39 is 0 Å². The Balaban J connectivity index is 1.44. The van der Waals surface area contributed by atoms with Crippen molar-refractivity contribution in [3.8, 4) is 0 Å². The number of nitrogens with zero attached hydrogens (tertiary/aromatic N) is 3. The molecule has 0 unspecified atom stereocenters. The largest absolute Gasteiger partial charge is 0.378 e. The molecule has 0 N–H and O–H groups in total. The number of carbonyl (C=O) groups excluding carboxylic acids is 1. The molecule has 2 aliphatic rings. The lowest BCUT2D eigenvalue weighted by atomic mass is 9.82. The summed E-state index contributed by atoms with van der Waals surface area (Å²) < 4.78 is 13.0. The lowest BCUT2D eigenvalue weighted by Crippen LogP contribution is -2.57. The molecule has 4 rings (SSSR count). The SMILES string of the molecule is CO[C@@H]1CCCOC12CCN(C(=O)Cn1ncc3ccccc3c1=O)CC2. The van der Waals surface area contributed by atoms with E-state index >= 15 is 0 Å². The van der Waals surface area contributed by atoms with Crippen LogP contribution in [0.2, 0.25) is 0 Å². The Morgan fingerprint density at radius 1 is 1.33 bits per heavy atom.